The van der Waals surface area contributed by atoms with Crippen LogP contribution in [0.1, 0.15) is 33.1 Å². The molecular weight excluding hydrogens is 240 g/mol. The number of hydrogen-bond acceptors (Lipinski definition) is 4. The van der Waals surface area contributed by atoms with E-state index in [4.69, 9.17) is 15.2 Å². The van der Waals surface area contributed by atoms with E-state index in [9.17, 15) is 0 Å². The molecule has 0 saturated heterocycles. The largest absolute Gasteiger partial charge is 0.385 e. The first-order chi connectivity index (χ1) is 9.01. The van der Waals surface area contributed by atoms with Crippen molar-refractivity contribution in [1.29, 1.82) is 0 Å². The highest BCUT2D eigenvalue weighted by molar-refractivity contribution is 4.95. The molecule has 1 aliphatic carbocycles. The third-order valence-electron chi connectivity index (χ3n) is 4.50. The summed E-state index contributed by atoms with van der Waals surface area (Å²) >= 11 is 0. The highest BCUT2D eigenvalue weighted by atomic mass is 16.5. The van der Waals surface area contributed by atoms with Crippen molar-refractivity contribution in [3.05, 3.63) is 0 Å². The van der Waals surface area contributed by atoms with Crippen molar-refractivity contribution < 1.29 is 9.47 Å². The SMILES string of the molecule is COCCCN(CCOC)CC1CCC(C)(C)C1N. The number of methoxy groups -OCH3 is 2. The van der Waals surface area contributed by atoms with Crippen LogP contribution in [0.4, 0.5) is 0 Å². The number of ether oxygens (including phenoxy) is 2. The predicted octanol–water partition coefficient (Wildman–Crippen LogP) is 1.73. The molecule has 4 nitrogen and oxygen atoms in total. The molecule has 19 heavy (non-hydrogen) atoms. The summed E-state index contributed by atoms with van der Waals surface area (Å²) in [5.74, 6) is 0.620. The summed E-state index contributed by atoms with van der Waals surface area (Å²) in [4.78, 5) is 2.48. The van der Waals surface area contributed by atoms with Gasteiger partial charge in [-0.25, -0.2) is 0 Å². The van der Waals surface area contributed by atoms with E-state index in [1.807, 2.05) is 0 Å². The van der Waals surface area contributed by atoms with Crippen LogP contribution in [-0.4, -0.2) is 58.0 Å². The van der Waals surface area contributed by atoms with Gasteiger partial charge in [-0.05, 0) is 30.6 Å². The Morgan fingerprint density at radius 3 is 2.37 bits per heavy atom. The van der Waals surface area contributed by atoms with E-state index in [1.54, 1.807) is 14.2 Å². The summed E-state index contributed by atoms with van der Waals surface area (Å²) in [6, 6.07) is 0.319. The number of hydrogen-bond donors (Lipinski definition) is 1. The van der Waals surface area contributed by atoms with Crippen LogP contribution >= 0.6 is 0 Å². The molecule has 0 heterocycles. The van der Waals surface area contributed by atoms with Gasteiger partial charge in [0.15, 0.2) is 0 Å². The third-order valence-corrected chi connectivity index (χ3v) is 4.50. The fraction of sp³-hybridized carbons (Fsp3) is 1.00. The molecule has 0 aliphatic heterocycles. The van der Waals surface area contributed by atoms with E-state index in [0.717, 1.165) is 39.3 Å². The van der Waals surface area contributed by atoms with Gasteiger partial charge in [0.25, 0.3) is 0 Å². The summed E-state index contributed by atoms with van der Waals surface area (Å²) in [6.45, 7) is 9.36. The van der Waals surface area contributed by atoms with Gasteiger partial charge in [0, 0.05) is 46.5 Å². The van der Waals surface area contributed by atoms with Crippen molar-refractivity contribution in [2.45, 2.75) is 39.2 Å². The van der Waals surface area contributed by atoms with Gasteiger partial charge in [0.1, 0.15) is 0 Å². The van der Waals surface area contributed by atoms with Gasteiger partial charge >= 0.3 is 0 Å². The van der Waals surface area contributed by atoms with E-state index in [0.29, 0.717) is 17.4 Å². The molecule has 0 bridgehead atoms. The van der Waals surface area contributed by atoms with E-state index in [2.05, 4.69) is 18.7 Å². The summed E-state index contributed by atoms with van der Waals surface area (Å²) in [6.07, 6.45) is 3.57. The van der Waals surface area contributed by atoms with Gasteiger partial charge in [-0.1, -0.05) is 13.8 Å². The van der Waals surface area contributed by atoms with Crippen molar-refractivity contribution >= 4 is 0 Å². The first-order valence-electron chi connectivity index (χ1n) is 7.47. The lowest BCUT2D eigenvalue weighted by molar-refractivity contribution is 0.118. The molecule has 0 aromatic heterocycles. The molecule has 0 amide bonds. The molecule has 0 radical (unpaired) electrons. The summed E-state index contributed by atoms with van der Waals surface area (Å²) in [5.41, 5.74) is 6.70. The average molecular weight is 272 g/mol. The predicted molar refractivity (Wildman–Crippen MR) is 79.3 cm³/mol. The zero-order valence-electron chi connectivity index (χ0n) is 13.2. The van der Waals surface area contributed by atoms with Crippen LogP contribution in [0.3, 0.4) is 0 Å². The second-order valence-electron chi connectivity index (χ2n) is 6.45. The van der Waals surface area contributed by atoms with Gasteiger partial charge in [-0.3, -0.25) is 0 Å². The first-order valence-corrected chi connectivity index (χ1v) is 7.47. The lowest BCUT2D eigenvalue weighted by Crippen LogP contribution is -2.43. The Morgan fingerprint density at radius 1 is 1.16 bits per heavy atom. The lowest BCUT2D eigenvalue weighted by atomic mass is 9.85. The molecule has 4 heteroatoms. The van der Waals surface area contributed by atoms with Crippen molar-refractivity contribution in [3.63, 3.8) is 0 Å². The van der Waals surface area contributed by atoms with Crippen LogP contribution in [0.25, 0.3) is 0 Å². The minimum absolute atomic E-state index is 0.296. The van der Waals surface area contributed by atoms with Gasteiger partial charge in [0.05, 0.1) is 6.61 Å². The van der Waals surface area contributed by atoms with Gasteiger partial charge in [-0.2, -0.15) is 0 Å². The summed E-state index contributed by atoms with van der Waals surface area (Å²) in [7, 11) is 3.52. The van der Waals surface area contributed by atoms with Crippen LogP contribution < -0.4 is 5.73 Å². The van der Waals surface area contributed by atoms with Crippen LogP contribution in [0.2, 0.25) is 0 Å². The minimum atomic E-state index is 0.296. The maximum atomic E-state index is 6.41. The fourth-order valence-corrected chi connectivity index (χ4v) is 3.03. The number of nitrogens with two attached hydrogens (primary N) is 1. The maximum Gasteiger partial charge on any atom is 0.0589 e. The normalized spacial score (nSPS) is 26.2. The Balaban J connectivity index is 2.42. The van der Waals surface area contributed by atoms with E-state index < -0.39 is 0 Å². The second kappa shape index (κ2) is 8.20. The van der Waals surface area contributed by atoms with Crippen molar-refractivity contribution in [1.82, 2.24) is 4.90 Å². The van der Waals surface area contributed by atoms with Crippen molar-refractivity contribution in [3.8, 4) is 0 Å². The average Bonchev–Trinajstić information content (AvgIpc) is 2.63. The maximum absolute atomic E-state index is 6.41. The van der Waals surface area contributed by atoms with Gasteiger partial charge in [-0.15, -0.1) is 0 Å². The van der Waals surface area contributed by atoms with Crippen LogP contribution in [-0.2, 0) is 9.47 Å². The highest BCUT2D eigenvalue weighted by Crippen LogP contribution is 2.40. The van der Waals surface area contributed by atoms with Crippen molar-refractivity contribution in [2.24, 2.45) is 17.1 Å². The molecule has 1 saturated carbocycles. The third kappa shape index (κ3) is 5.38. The second-order valence-corrected chi connectivity index (χ2v) is 6.45. The molecule has 0 spiro atoms. The van der Waals surface area contributed by atoms with Gasteiger partial charge < -0.3 is 20.1 Å². The standard InChI is InChI=1S/C15H32N2O2/c1-15(2)7-6-13(14(15)16)12-17(9-11-19-4)8-5-10-18-3/h13-14H,5-12,16H2,1-4H3. The van der Waals surface area contributed by atoms with Crippen LogP contribution in [0.5, 0.6) is 0 Å². The molecule has 114 valence electrons. The summed E-state index contributed by atoms with van der Waals surface area (Å²) < 4.78 is 10.3. The molecular formula is C15H32N2O2. The first kappa shape index (κ1) is 16.9. The lowest BCUT2D eigenvalue weighted by Gasteiger charge is -2.31. The van der Waals surface area contributed by atoms with Crippen LogP contribution in [0, 0.1) is 11.3 Å². The van der Waals surface area contributed by atoms with E-state index in [1.165, 1.54) is 12.8 Å². The molecule has 2 atom stereocenters. The smallest absolute Gasteiger partial charge is 0.0589 e. The zero-order chi connectivity index (χ0) is 14.3. The molecule has 1 aliphatic rings. The molecule has 0 aromatic rings. The Morgan fingerprint density at radius 2 is 1.84 bits per heavy atom. The van der Waals surface area contributed by atoms with Gasteiger partial charge in [0.2, 0.25) is 0 Å². The quantitative estimate of drug-likeness (QED) is 0.650. The van der Waals surface area contributed by atoms with Crippen LogP contribution in [0.15, 0.2) is 0 Å². The monoisotopic (exact) mass is 272 g/mol. The fourth-order valence-electron chi connectivity index (χ4n) is 3.03. The van der Waals surface area contributed by atoms with Crippen molar-refractivity contribution in [2.75, 3.05) is 47.1 Å². The van der Waals surface area contributed by atoms with E-state index in [-0.39, 0.29) is 0 Å². The molecule has 2 unspecified atom stereocenters. The number of nitrogens with zero attached hydrogens (tertiary/aromatic N) is 1. The molecule has 2 N–H and O–H groups in total. The molecule has 1 rings (SSSR count). The van der Waals surface area contributed by atoms with E-state index >= 15 is 0 Å². The zero-order valence-corrected chi connectivity index (χ0v) is 13.2. The topological polar surface area (TPSA) is 47.7 Å². The minimum Gasteiger partial charge on any atom is -0.385 e. The highest BCUT2D eigenvalue weighted by Gasteiger charge is 2.39. The molecule has 1 fully saturated rings. The Bertz CT molecular complexity index is 246. The number of rotatable bonds is 9. The Labute approximate surface area is 118 Å². The molecule has 0 aromatic carbocycles. The summed E-state index contributed by atoms with van der Waals surface area (Å²) in [5, 5.41) is 0. The Kier molecular flexibility index (Phi) is 7.29. The Hall–Kier alpha value is -0.160.